The molecule has 0 aliphatic carbocycles. The van der Waals surface area contributed by atoms with Gasteiger partial charge in [0, 0.05) is 24.2 Å². The highest BCUT2D eigenvalue weighted by Gasteiger charge is 2.08. The quantitative estimate of drug-likeness (QED) is 0.341. The van der Waals surface area contributed by atoms with Gasteiger partial charge in [0.2, 0.25) is 5.95 Å². The van der Waals surface area contributed by atoms with Gasteiger partial charge in [-0.15, -0.1) is 0 Å². The Kier molecular flexibility index (Phi) is 5.97. The van der Waals surface area contributed by atoms with Crippen molar-refractivity contribution in [1.82, 2.24) is 25.3 Å². The zero-order chi connectivity index (χ0) is 20.8. The number of nitrogens with one attached hydrogen (secondary N) is 2. The standard InChI is InChI=1S/C18H20N8O3/c19-15-14-16(26-18(20)25-15)23-9-12(24-14)8-22-11-5-3-10(4-6-11)17(29)21-7-1-2-13(27)28/h3-6,9,22H,1-2,7-8H2,(H,21,29)(H,27,28)(H4,19,20,23,25,26). The first-order valence-corrected chi connectivity index (χ1v) is 8.81. The minimum atomic E-state index is -0.884. The van der Waals surface area contributed by atoms with E-state index in [9.17, 15) is 9.59 Å². The molecule has 0 saturated carbocycles. The molecule has 0 aliphatic heterocycles. The van der Waals surface area contributed by atoms with E-state index in [4.69, 9.17) is 16.6 Å². The number of aromatic nitrogens is 4. The highest BCUT2D eigenvalue weighted by Crippen LogP contribution is 2.16. The monoisotopic (exact) mass is 396 g/mol. The van der Waals surface area contributed by atoms with Crippen LogP contribution in [0, 0.1) is 0 Å². The summed E-state index contributed by atoms with van der Waals surface area (Å²) in [5.74, 6) is -0.927. The second-order valence-corrected chi connectivity index (χ2v) is 6.18. The minimum absolute atomic E-state index is 0.0198. The molecule has 11 heteroatoms. The van der Waals surface area contributed by atoms with Crippen LogP contribution in [0.15, 0.2) is 30.5 Å². The van der Waals surface area contributed by atoms with E-state index in [2.05, 4.69) is 30.6 Å². The van der Waals surface area contributed by atoms with E-state index in [-0.39, 0.29) is 24.1 Å². The zero-order valence-electron chi connectivity index (χ0n) is 15.4. The number of benzene rings is 1. The maximum absolute atomic E-state index is 12.0. The van der Waals surface area contributed by atoms with E-state index < -0.39 is 5.97 Å². The number of nitrogens with two attached hydrogens (primary N) is 2. The van der Waals surface area contributed by atoms with Crippen LogP contribution in [-0.4, -0.2) is 43.5 Å². The maximum atomic E-state index is 12.0. The summed E-state index contributed by atoms with van der Waals surface area (Å²) in [7, 11) is 0. The Morgan fingerprint density at radius 1 is 1.07 bits per heavy atom. The first kappa shape index (κ1) is 19.7. The fourth-order valence-corrected chi connectivity index (χ4v) is 2.54. The Hall–Kier alpha value is -4.02. The van der Waals surface area contributed by atoms with E-state index in [0.717, 1.165) is 5.69 Å². The lowest BCUT2D eigenvalue weighted by molar-refractivity contribution is -0.137. The number of hydrogen-bond donors (Lipinski definition) is 5. The molecule has 2 aromatic heterocycles. The van der Waals surface area contributed by atoms with Gasteiger partial charge < -0.3 is 27.2 Å². The topological polar surface area (TPSA) is 182 Å². The lowest BCUT2D eigenvalue weighted by Crippen LogP contribution is -2.24. The van der Waals surface area contributed by atoms with Crippen molar-refractivity contribution in [2.45, 2.75) is 19.4 Å². The van der Waals surface area contributed by atoms with Crippen molar-refractivity contribution in [3.63, 3.8) is 0 Å². The number of aliphatic carboxylic acids is 1. The summed E-state index contributed by atoms with van der Waals surface area (Å²) in [4.78, 5) is 38.9. The van der Waals surface area contributed by atoms with E-state index in [1.807, 2.05) is 0 Å². The first-order chi connectivity index (χ1) is 13.9. The highest BCUT2D eigenvalue weighted by molar-refractivity contribution is 5.94. The van der Waals surface area contributed by atoms with Gasteiger partial charge in [-0.05, 0) is 30.7 Å². The number of nitrogen functional groups attached to an aromatic ring is 2. The molecule has 0 saturated heterocycles. The average molecular weight is 396 g/mol. The van der Waals surface area contributed by atoms with Gasteiger partial charge in [0.25, 0.3) is 5.91 Å². The second kappa shape index (κ2) is 8.78. The third-order valence-corrected chi connectivity index (χ3v) is 3.97. The molecule has 7 N–H and O–H groups in total. The molecule has 0 aliphatic rings. The van der Waals surface area contributed by atoms with Crippen LogP contribution in [-0.2, 0) is 11.3 Å². The van der Waals surface area contributed by atoms with Crippen molar-refractivity contribution >= 4 is 40.5 Å². The highest BCUT2D eigenvalue weighted by atomic mass is 16.4. The summed E-state index contributed by atoms with van der Waals surface area (Å²) in [6.45, 7) is 0.692. The van der Waals surface area contributed by atoms with E-state index in [0.29, 0.717) is 41.9 Å². The zero-order valence-corrected chi connectivity index (χ0v) is 15.4. The molecule has 11 nitrogen and oxygen atoms in total. The lowest BCUT2D eigenvalue weighted by Gasteiger charge is -2.09. The summed E-state index contributed by atoms with van der Waals surface area (Å²) in [5, 5.41) is 14.5. The molecule has 0 spiro atoms. The van der Waals surface area contributed by atoms with Crippen LogP contribution in [0.1, 0.15) is 28.9 Å². The van der Waals surface area contributed by atoms with E-state index in [1.165, 1.54) is 0 Å². The summed E-state index contributed by atoms with van der Waals surface area (Å²) in [6.07, 6.45) is 1.97. The van der Waals surface area contributed by atoms with Crippen molar-refractivity contribution < 1.29 is 14.7 Å². The fraction of sp³-hybridized carbons (Fsp3) is 0.222. The lowest BCUT2D eigenvalue weighted by atomic mass is 10.2. The first-order valence-electron chi connectivity index (χ1n) is 8.81. The predicted molar refractivity (Wildman–Crippen MR) is 107 cm³/mol. The number of carbonyl (C=O) groups excluding carboxylic acids is 1. The summed E-state index contributed by atoms with van der Waals surface area (Å²) in [6, 6.07) is 6.88. The number of nitrogens with zero attached hydrogens (tertiary/aromatic N) is 4. The van der Waals surface area contributed by atoms with Crippen molar-refractivity contribution in [3.8, 4) is 0 Å². The third-order valence-electron chi connectivity index (χ3n) is 3.97. The average Bonchev–Trinajstić information content (AvgIpc) is 2.70. The molecule has 1 aromatic carbocycles. The number of carboxylic acid groups (broad SMARTS) is 1. The van der Waals surface area contributed by atoms with Gasteiger partial charge >= 0.3 is 5.97 Å². The maximum Gasteiger partial charge on any atom is 0.303 e. The SMILES string of the molecule is Nc1nc(N)c2nc(CNc3ccc(C(=O)NCCCC(=O)O)cc3)cnc2n1. The van der Waals surface area contributed by atoms with Crippen LogP contribution in [0.4, 0.5) is 17.5 Å². The van der Waals surface area contributed by atoms with E-state index in [1.54, 1.807) is 30.5 Å². The number of carboxylic acids is 1. The molecule has 29 heavy (non-hydrogen) atoms. The fourth-order valence-electron chi connectivity index (χ4n) is 2.54. The molecule has 0 fully saturated rings. The Morgan fingerprint density at radius 3 is 2.55 bits per heavy atom. The number of anilines is 3. The Morgan fingerprint density at radius 2 is 1.83 bits per heavy atom. The van der Waals surface area contributed by atoms with Gasteiger partial charge in [0.1, 0.15) is 0 Å². The molecule has 1 amide bonds. The summed E-state index contributed by atoms with van der Waals surface area (Å²) in [5.41, 5.74) is 14.0. The van der Waals surface area contributed by atoms with Crippen LogP contribution < -0.4 is 22.1 Å². The molecule has 3 rings (SSSR count). The second-order valence-electron chi connectivity index (χ2n) is 6.18. The number of carbonyl (C=O) groups is 2. The Bertz CT molecular complexity index is 1040. The van der Waals surface area contributed by atoms with E-state index >= 15 is 0 Å². The third kappa shape index (κ3) is 5.25. The van der Waals surface area contributed by atoms with Crippen LogP contribution in [0.5, 0.6) is 0 Å². The molecule has 2 heterocycles. The van der Waals surface area contributed by atoms with Gasteiger partial charge in [-0.3, -0.25) is 9.59 Å². The number of rotatable bonds is 8. The van der Waals surface area contributed by atoms with Crippen molar-refractivity contribution in [2.24, 2.45) is 0 Å². The normalized spacial score (nSPS) is 10.6. The molecule has 0 bridgehead atoms. The Labute approximate surface area is 165 Å². The number of hydrogen-bond acceptors (Lipinski definition) is 9. The van der Waals surface area contributed by atoms with Gasteiger partial charge in [-0.25, -0.2) is 9.97 Å². The molecular formula is C18H20N8O3. The smallest absolute Gasteiger partial charge is 0.303 e. The summed E-state index contributed by atoms with van der Waals surface area (Å²) >= 11 is 0. The molecular weight excluding hydrogens is 376 g/mol. The molecule has 0 atom stereocenters. The van der Waals surface area contributed by atoms with Crippen LogP contribution >= 0.6 is 0 Å². The molecule has 150 valence electrons. The number of fused-ring (bicyclic) bond motifs is 1. The van der Waals surface area contributed by atoms with Crippen molar-refractivity contribution in [1.29, 1.82) is 0 Å². The number of amides is 1. The van der Waals surface area contributed by atoms with Crippen molar-refractivity contribution in [2.75, 3.05) is 23.3 Å². The molecule has 0 unspecified atom stereocenters. The van der Waals surface area contributed by atoms with Crippen molar-refractivity contribution in [3.05, 3.63) is 41.7 Å². The van der Waals surface area contributed by atoms with Crippen LogP contribution in [0.2, 0.25) is 0 Å². The van der Waals surface area contributed by atoms with Gasteiger partial charge in [-0.1, -0.05) is 0 Å². The van der Waals surface area contributed by atoms with Crippen LogP contribution in [0.3, 0.4) is 0 Å². The predicted octanol–water partition coefficient (Wildman–Crippen LogP) is 0.791. The summed E-state index contributed by atoms with van der Waals surface area (Å²) < 4.78 is 0. The molecule has 3 aromatic rings. The van der Waals surface area contributed by atoms with Gasteiger partial charge in [0.05, 0.1) is 18.4 Å². The van der Waals surface area contributed by atoms with Gasteiger partial charge in [0.15, 0.2) is 17.0 Å². The van der Waals surface area contributed by atoms with Gasteiger partial charge in [-0.2, -0.15) is 9.97 Å². The largest absolute Gasteiger partial charge is 0.481 e. The Balaban J connectivity index is 1.57. The van der Waals surface area contributed by atoms with Crippen LogP contribution in [0.25, 0.3) is 11.2 Å². The minimum Gasteiger partial charge on any atom is -0.481 e. The molecule has 0 radical (unpaired) electrons.